The molecule has 0 saturated heterocycles. The van der Waals surface area contributed by atoms with Crippen LogP contribution in [0.25, 0.3) is 0 Å². The van der Waals surface area contributed by atoms with E-state index in [0.29, 0.717) is 24.4 Å². The first-order valence-electron chi connectivity index (χ1n) is 9.81. The van der Waals surface area contributed by atoms with Gasteiger partial charge in [0.25, 0.3) is 5.91 Å². The molecule has 4 rings (SSSR count). The normalized spacial score (nSPS) is 10.6. The van der Waals surface area contributed by atoms with Crippen molar-refractivity contribution in [3.05, 3.63) is 114 Å². The maximum Gasteiger partial charge on any atom is 0.253 e. The Labute approximate surface area is 176 Å². The fraction of sp³-hybridized carbons (Fsp3) is 0.120. The Bertz CT molecular complexity index is 1090. The first-order valence-corrected chi connectivity index (χ1v) is 9.81. The van der Waals surface area contributed by atoms with Gasteiger partial charge in [-0.05, 0) is 42.0 Å². The van der Waals surface area contributed by atoms with Crippen LogP contribution >= 0.6 is 0 Å². The van der Waals surface area contributed by atoms with Crippen LogP contribution in [0.4, 0.5) is 0 Å². The van der Waals surface area contributed by atoms with Crippen LogP contribution in [0.2, 0.25) is 0 Å². The fourth-order valence-electron chi connectivity index (χ4n) is 3.20. The first-order chi connectivity index (χ1) is 14.7. The number of hydrogen-bond donors (Lipinski definition) is 0. The zero-order chi connectivity index (χ0) is 20.8. The molecule has 1 heterocycles. The molecule has 3 aromatic carbocycles. The monoisotopic (exact) mass is 397 g/mol. The summed E-state index contributed by atoms with van der Waals surface area (Å²) in [5, 5.41) is 4.41. The molecule has 150 valence electrons. The summed E-state index contributed by atoms with van der Waals surface area (Å²) in [4.78, 5) is 14.5. The summed E-state index contributed by atoms with van der Waals surface area (Å²) in [6, 6.07) is 26.9. The van der Waals surface area contributed by atoms with E-state index in [9.17, 15) is 4.79 Å². The van der Waals surface area contributed by atoms with Crippen LogP contribution in [0.15, 0.2) is 97.3 Å². The van der Waals surface area contributed by atoms with E-state index < -0.39 is 0 Å². The zero-order valence-electron chi connectivity index (χ0n) is 16.8. The van der Waals surface area contributed by atoms with Crippen molar-refractivity contribution in [3.8, 4) is 11.5 Å². The highest BCUT2D eigenvalue weighted by Gasteiger charge is 2.13. The summed E-state index contributed by atoms with van der Waals surface area (Å²) < 4.78 is 7.67. The lowest BCUT2D eigenvalue weighted by molar-refractivity contribution is 0.0785. The highest BCUT2D eigenvalue weighted by atomic mass is 16.5. The first kappa shape index (κ1) is 19.5. The van der Waals surface area contributed by atoms with Crippen LogP contribution in [0.5, 0.6) is 11.5 Å². The molecule has 5 nitrogen and oxygen atoms in total. The van der Waals surface area contributed by atoms with E-state index in [1.807, 2.05) is 77.7 Å². The number of carbonyl (C=O) groups excluding carboxylic acids is 1. The number of rotatable bonds is 7. The number of para-hydroxylation sites is 1. The molecule has 0 radical (unpaired) electrons. The van der Waals surface area contributed by atoms with Gasteiger partial charge in [0.2, 0.25) is 0 Å². The SMILES string of the molecule is CN(Cc1cnn(Cc2ccccc2)c1)C(=O)c1ccc(Oc2ccccc2)cc1. The molecule has 0 unspecified atom stereocenters. The minimum atomic E-state index is -0.0444. The maximum atomic E-state index is 12.8. The molecule has 0 fully saturated rings. The van der Waals surface area contributed by atoms with Gasteiger partial charge in [0, 0.05) is 30.9 Å². The number of nitrogens with zero attached hydrogens (tertiary/aromatic N) is 3. The molecule has 1 amide bonds. The topological polar surface area (TPSA) is 47.4 Å². The van der Waals surface area contributed by atoms with E-state index in [2.05, 4.69) is 17.2 Å². The Balaban J connectivity index is 1.35. The van der Waals surface area contributed by atoms with Gasteiger partial charge in [-0.3, -0.25) is 9.48 Å². The van der Waals surface area contributed by atoms with Crippen LogP contribution in [0.1, 0.15) is 21.5 Å². The van der Waals surface area contributed by atoms with Crippen LogP contribution in [0, 0.1) is 0 Å². The summed E-state index contributed by atoms with van der Waals surface area (Å²) in [6.45, 7) is 1.21. The molecular formula is C25H23N3O2. The van der Waals surface area contributed by atoms with Crippen LogP contribution in [-0.2, 0) is 13.1 Å². The second-order valence-corrected chi connectivity index (χ2v) is 7.13. The lowest BCUT2D eigenvalue weighted by Gasteiger charge is -2.16. The lowest BCUT2D eigenvalue weighted by atomic mass is 10.2. The number of ether oxygens (including phenoxy) is 1. The van der Waals surface area contributed by atoms with E-state index in [1.165, 1.54) is 5.56 Å². The zero-order valence-corrected chi connectivity index (χ0v) is 16.8. The summed E-state index contributed by atoms with van der Waals surface area (Å²) in [6.07, 6.45) is 3.79. The molecule has 0 atom stereocenters. The van der Waals surface area contributed by atoms with E-state index in [-0.39, 0.29) is 5.91 Å². The van der Waals surface area contributed by atoms with Crippen molar-refractivity contribution in [2.24, 2.45) is 0 Å². The Hall–Kier alpha value is -3.86. The Morgan fingerprint density at radius 2 is 1.50 bits per heavy atom. The van der Waals surface area contributed by atoms with Crippen molar-refractivity contribution < 1.29 is 9.53 Å². The summed E-state index contributed by atoms with van der Waals surface area (Å²) >= 11 is 0. The highest BCUT2D eigenvalue weighted by Crippen LogP contribution is 2.21. The number of carbonyl (C=O) groups is 1. The predicted octanol–water partition coefficient (Wildman–Crippen LogP) is 5.00. The summed E-state index contributed by atoms with van der Waals surface area (Å²) in [5.74, 6) is 1.42. The van der Waals surface area contributed by atoms with Gasteiger partial charge in [0.05, 0.1) is 12.7 Å². The van der Waals surface area contributed by atoms with Gasteiger partial charge in [0.1, 0.15) is 11.5 Å². The molecule has 0 N–H and O–H groups in total. The Morgan fingerprint density at radius 1 is 0.867 bits per heavy atom. The van der Waals surface area contributed by atoms with E-state index in [0.717, 1.165) is 11.3 Å². The number of benzene rings is 3. The van der Waals surface area contributed by atoms with Crippen molar-refractivity contribution in [2.75, 3.05) is 7.05 Å². The van der Waals surface area contributed by atoms with E-state index in [1.54, 1.807) is 24.1 Å². The second-order valence-electron chi connectivity index (χ2n) is 7.13. The Kier molecular flexibility index (Phi) is 5.90. The second kappa shape index (κ2) is 9.09. The smallest absolute Gasteiger partial charge is 0.253 e. The number of amides is 1. The molecule has 30 heavy (non-hydrogen) atoms. The molecule has 0 aliphatic rings. The van der Waals surface area contributed by atoms with Crippen molar-refractivity contribution in [3.63, 3.8) is 0 Å². The van der Waals surface area contributed by atoms with E-state index >= 15 is 0 Å². The average molecular weight is 397 g/mol. The van der Waals surface area contributed by atoms with Crippen LogP contribution in [0.3, 0.4) is 0 Å². The van der Waals surface area contributed by atoms with Gasteiger partial charge in [-0.2, -0.15) is 5.10 Å². The van der Waals surface area contributed by atoms with Gasteiger partial charge >= 0.3 is 0 Å². The van der Waals surface area contributed by atoms with Gasteiger partial charge in [-0.15, -0.1) is 0 Å². The van der Waals surface area contributed by atoms with Crippen molar-refractivity contribution in [1.82, 2.24) is 14.7 Å². The van der Waals surface area contributed by atoms with Crippen LogP contribution < -0.4 is 4.74 Å². The number of aromatic nitrogens is 2. The van der Waals surface area contributed by atoms with E-state index in [4.69, 9.17) is 4.74 Å². The summed E-state index contributed by atoms with van der Waals surface area (Å²) in [5.41, 5.74) is 2.80. The third kappa shape index (κ3) is 4.94. The molecule has 1 aromatic heterocycles. The van der Waals surface area contributed by atoms with Gasteiger partial charge in [-0.1, -0.05) is 48.5 Å². The highest BCUT2D eigenvalue weighted by molar-refractivity contribution is 5.94. The van der Waals surface area contributed by atoms with Gasteiger partial charge in [0.15, 0.2) is 0 Å². The fourth-order valence-corrected chi connectivity index (χ4v) is 3.20. The Morgan fingerprint density at radius 3 is 2.20 bits per heavy atom. The standard InChI is InChI=1S/C25H23N3O2/c1-27(17-21-16-26-28(19-21)18-20-8-4-2-5-9-20)25(29)22-12-14-24(15-13-22)30-23-10-6-3-7-11-23/h2-16,19H,17-18H2,1H3. The van der Waals surface area contributed by atoms with Crippen molar-refractivity contribution >= 4 is 5.91 Å². The van der Waals surface area contributed by atoms with Crippen molar-refractivity contribution in [1.29, 1.82) is 0 Å². The molecule has 0 saturated carbocycles. The van der Waals surface area contributed by atoms with Crippen LogP contribution in [-0.4, -0.2) is 27.6 Å². The minimum absolute atomic E-state index is 0.0444. The molecule has 0 bridgehead atoms. The summed E-state index contributed by atoms with van der Waals surface area (Å²) in [7, 11) is 1.80. The molecular weight excluding hydrogens is 374 g/mol. The molecule has 4 aromatic rings. The van der Waals surface area contributed by atoms with Gasteiger partial charge < -0.3 is 9.64 Å². The van der Waals surface area contributed by atoms with Crippen molar-refractivity contribution in [2.45, 2.75) is 13.1 Å². The average Bonchev–Trinajstić information content (AvgIpc) is 3.22. The molecule has 0 spiro atoms. The maximum absolute atomic E-state index is 12.8. The lowest BCUT2D eigenvalue weighted by Crippen LogP contribution is -2.25. The largest absolute Gasteiger partial charge is 0.457 e. The quantitative estimate of drug-likeness (QED) is 0.441. The molecule has 0 aliphatic carbocycles. The minimum Gasteiger partial charge on any atom is -0.457 e. The third-order valence-corrected chi connectivity index (χ3v) is 4.72. The third-order valence-electron chi connectivity index (χ3n) is 4.72. The predicted molar refractivity (Wildman–Crippen MR) is 117 cm³/mol. The van der Waals surface area contributed by atoms with Gasteiger partial charge in [-0.25, -0.2) is 0 Å². The molecule has 5 heteroatoms. The molecule has 0 aliphatic heterocycles. The number of hydrogen-bond acceptors (Lipinski definition) is 3.